The molecule has 0 spiro atoms. The van der Waals surface area contributed by atoms with Crippen molar-refractivity contribution < 1.29 is 0 Å². The first kappa shape index (κ1) is 12.3. The number of halogens is 1. The highest BCUT2D eigenvalue weighted by Gasteiger charge is 2.15. The Labute approximate surface area is 97.1 Å². The molecule has 0 aliphatic carbocycles. The molecule has 0 aliphatic heterocycles. The van der Waals surface area contributed by atoms with Crippen LogP contribution >= 0.6 is 11.6 Å². The Bertz CT molecular complexity index is 314. The summed E-state index contributed by atoms with van der Waals surface area (Å²) >= 11 is 5.87. The van der Waals surface area contributed by atoms with Gasteiger partial charge in [-0.15, -0.1) is 11.6 Å². The smallest absolute Gasteiger partial charge is 0.0396 e. The van der Waals surface area contributed by atoms with E-state index in [-0.39, 0.29) is 5.41 Å². The van der Waals surface area contributed by atoms with Crippen molar-refractivity contribution in [2.75, 3.05) is 17.7 Å². The normalized spacial score (nSPS) is 11.5. The summed E-state index contributed by atoms with van der Waals surface area (Å²) in [5.41, 5.74) is 3.33. The molecule has 2 nitrogen and oxygen atoms in total. The van der Waals surface area contributed by atoms with Crippen molar-refractivity contribution >= 4 is 17.3 Å². The summed E-state index contributed by atoms with van der Waals surface area (Å²) in [7, 11) is 0. The van der Waals surface area contributed by atoms with E-state index < -0.39 is 0 Å². The number of alkyl halides is 1. The molecule has 0 fully saturated rings. The van der Waals surface area contributed by atoms with Gasteiger partial charge in [0.15, 0.2) is 0 Å². The standard InChI is InChI=1S/C12H19ClN2/c1-9-5-11(6-10(2)15-9)14-8-12(3,4)7-13/h5-6H,7-8H2,1-4H3,(H,14,15). The van der Waals surface area contributed by atoms with Gasteiger partial charge < -0.3 is 5.32 Å². The van der Waals surface area contributed by atoms with E-state index in [1.54, 1.807) is 0 Å². The number of aryl methyl sites for hydroxylation is 2. The number of hydrogen-bond donors (Lipinski definition) is 1. The molecule has 0 bridgehead atoms. The lowest BCUT2D eigenvalue weighted by Crippen LogP contribution is -2.24. The minimum atomic E-state index is 0.118. The van der Waals surface area contributed by atoms with E-state index in [1.807, 2.05) is 13.8 Å². The summed E-state index contributed by atoms with van der Waals surface area (Å²) in [5.74, 6) is 0.656. The maximum Gasteiger partial charge on any atom is 0.0396 e. The third-order valence-corrected chi connectivity index (χ3v) is 2.94. The summed E-state index contributed by atoms with van der Waals surface area (Å²) in [6.07, 6.45) is 0. The number of anilines is 1. The highest BCUT2D eigenvalue weighted by atomic mass is 35.5. The molecule has 0 aliphatic rings. The molecule has 0 saturated heterocycles. The average Bonchev–Trinajstić information content (AvgIpc) is 2.14. The van der Waals surface area contributed by atoms with E-state index in [0.717, 1.165) is 23.6 Å². The number of nitrogens with one attached hydrogen (secondary N) is 1. The third-order valence-electron chi connectivity index (χ3n) is 2.21. The Morgan fingerprint density at radius 2 is 1.80 bits per heavy atom. The summed E-state index contributed by atoms with van der Waals surface area (Å²) in [6, 6.07) is 4.11. The first-order valence-corrected chi connectivity index (χ1v) is 5.71. The number of hydrogen-bond acceptors (Lipinski definition) is 2. The van der Waals surface area contributed by atoms with E-state index in [9.17, 15) is 0 Å². The quantitative estimate of drug-likeness (QED) is 0.797. The summed E-state index contributed by atoms with van der Waals surface area (Å²) in [6.45, 7) is 9.18. The van der Waals surface area contributed by atoms with E-state index in [1.165, 1.54) is 0 Å². The van der Waals surface area contributed by atoms with Crippen molar-refractivity contribution in [1.82, 2.24) is 4.98 Å². The van der Waals surface area contributed by atoms with Crippen LogP contribution < -0.4 is 5.32 Å². The fraction of sp³-hybridized carbons (Fsp3) is 0.583. The number of rotatable bonds is 4. The Balaban J connectivity index is 2.65. The van der Waals surface area contributed by atoms with Crippen LogP contribution in [0.25, 0.3) is 0 Å². The molecule has 0 amide bonds. The molecular weight excluding hydrogens is 208 g/mol. The highest BCUT2D eigenvalue weighted by molar-refractivity contribution is 6.18. The van der Waals surface area contributed by atoms with Crippen LogP contribution in [0.5, 0.6) is 0 Å². The third kappa shape index (κ3) is 4.08. The summed E-state index contributed by atoms with van der Waals surface area (Å²) in [5, 5.41) is 3.39. The van der Waals surface area contributed by atoms with Crippen LogP contribution in [0.1, 0.15) is 25.2 Å². The Morgan fingerprint density at radius 3 is 2.27 bits per heavy atom. The predicted octanol–water partition coefficient (Wildman–Crippen LogP) is 3.38. The summed E-state index contributed by atoms with van der Waals surface area (Å²) in [4.78, 5) is 4.33. The van der Waals surface area contributed by atoms with Crippen molar-refractivity contribution in [1.29, 1.82) is 0 Å². The van der Waals surface area contributed by atoms with E-state index in [2.05, 4.69) is 36.3 Å². The second kappa shape index (κ2) is 4.84. The molecule has 0 radical (unpaired) electrons. The predicted molar refractivity (Wildman–Crippen MR) is 66.7 cm³/mol. The zero-order valence-electron chi connectivity index (χ0n) is 9.89. The van der Waals surface area contributed by atoms with Crippen molar-refractivity contribution in [3.05, 3.63) is 23.5 Å². The molecule has 1 aromatic rings. The average molecular weight is 227 g/mol. The molecule has 1 aromatic heterocycles. The van der Waals surface area contributed by atoms with E-state index >= 15 is 0 Å². The Morgan fingerprint density at radius 1 is 1.27 bits per heavy atom. The molecule has 0 saturated carbocycles. The van der Waals surface area contributed by atoms with Crippen molar-refractivity contribution in [3.63, 3.8) is 0 Å². The lowest BCUT2D eigenvalue weighted by atomic mass is 9.96. The van der Waals surface area contributed by atoms with Gasteiger partial charge in [-0.05, 0) is 31.4 Å². The number of pyridine rings is 1. The maximum atomic E-state index is 5.87. The molecule has 0 aromatic carbocycles. The highest BCUT2D eigenvalue weighted by Crippen LogP contribution is 2.19. The molecule has 1 rings (SSSR count). The zero-order chi connectivity index (χ0) is 11.5. The van der Waals surface area contributed by atoms with Crippen LogP contribution in [-0.2, 0) is 0 Å². The van der Waals surface area contributed by atoms with Gasteiger partial charge in [0, 0.05) is 29.5 Å². The van der Waals surface area contributed by atoms with Gasteiger partial charge in [-0.2, -0.15) is 0 Å². The second-order valence-electron chi connectivity index (χ2n) is 4.79. The van der Waals surface area contributed by atoms with Gasteiger partial charge in [0.2, 0.25) is 0 Å². The first-order valence-electron chi connectivity index (χ1n) is 5.18. The molecule has 0 atom stereocenters. The van der Waals surface area contributed by atoms with Crippen molar-refractivity contribution in [2.24, 2.45) is 5.41 Å². The van der Waals surface area contributed by atoms with Gasteiger partial charge in [0.05, 0.1) is 0 Å². The molecular formula is C12H19ClN2. The molecule has 15 heavy (non-hydrogen) atoms. The molecule has 3 heteroatoms. The first-order chi connectivity index (χ1) is 6.93. The second-order valence-corrected chi connectivity index (χ2v) is 5.06. The van der Waals surface area contributed by atoms with E-state index in [0.29, 0.717) is 5.88 Å². The van der Waals surface area contributed by atoms with Gasteiger partial charge in [-0.1, -0.05) is 13.8 Å². The van der Waals surface area contributed by atoms with Gasteiger partial charge in [-0.25, -0.2) is 0 Å². The molecule has 1 heterocycles. The van der Waals surface area contributed by atoms with Crippen molar-refractivity contribution in [3.8, 4) is 0 Å². The Kier molecular flexibility index (Phi) is 3.97. The monoisotopic (exact) mass is 226 g/mol. The topological polar surface area (TPSA) is 24.9 Å². The van der Waals surface area contributed by atoms with Crippen LogP contribution in [0, 0.1) is 19.3 Å². The number of aromatic nitrogens is 1. The van der Waals surface area contributed by atoms with Crippen LogP contribution in [0.3, 0.4) is 0 Å². The van der Waals surface area contributed by atoms with Gasteiger partial charge in [0.25, 0.3) is 0 Å². The lowest BCUT2D eigenvalue weighted by Gasteiger charge is -2.22. The van der Waals surface area contributed by atoms with Crippen LogP contribution in [0.15, 0.2) is 12.1 Å². The van der Waals surface area contributed by atoms with Gasteiger partial charge in [0.1, 0.15) is 0 Å². The summed E-state index contributed by atoms with van der Waals surface area (Å²) < 4.78 is 0. The lowest BCUT2D eigenvalue weighted by molar-refractivity contribution is 0.450. The molecule has 84 valence electrons. The van der Waals surface area contributed by atoms with E-state index in [4.69, 9.17) is 11.6 Å². The number of nitrogens with zero attached hydrogens (tertiary/aromatic N) is 1. The Hall–Kier alpha value is -0.760. The van der Waals surface area contributed by atoms with Crippen molar-refractivity contribution in [2.45, 2.75) is 27.7 Å². The van der Waals surface area contributed by atoms with Gasteiger partial charge in [-0.3, -0.25) is 4.98 Å². The zero-order valence-corrected chi connectivity index (χ0v) is 10.7. The van der Waals surface area contributed by atoms with Crippen LogP contribution in [0.2, 0.25) is 0 Å². The van der Waals surface area contributed by atoms with Crippen LogP contribution in [0.4, 0.5) is 5.69 Å². The molecule has 0 unspecified atom stereocenters. The SMILES string of the molecule is Cc1cc(NCC(C)(C)CCl)cc(C)n1. The minimum absolute atomic E-state index is 0.118. The van der Waals surface area contributed by atoms with Gasteiger partial charge >= 0.3 is 0 Å². The van der Waals surface area contributed by atoms with Crippen LogP contribution in [-0.4, -0.2) is 17.4 Å². The molecule has 1 N–H and O–H groups in total. The maximum absolute atomic E-state index is 5.87. The fourth-order valence-corrected chi connectivity index (χ4v) is 1.42. The fourth-order valence-electron chi connectivity index (χ4n) is 1.33. The largest absolute Gasteiger partial charge is 0.384 e. The minimum Gasteiger partial charge on any atom is -0.384 e.